The highest BCUT2D eigenvalue weighted by molar-refractivity contribution is 7.90. The molecule has 6 nitrogen and oxygen atoms in total. The lowest BCUT2D eigenvalue weighted by atomic mass is 9.87. The van der Waals surface area contributed by atoms with Crippen molar-refractivity contribution in [2.45, 2.75) is 51.0 Å². The predicted molar refractivity (Wildman–Crippen MR) is 113 cm³/mol. The van der Waals surface area contributed by atoms with Crippen molar-refractivity contribution in [2.24, 2.45) is 0 Å². The minimum absolute atomic E-state index is 0.00370. The summed E-state index contributed by atoms with van der Waals surface area (Å²) in [5.41, 5.74) is 2.41. The topological polar surface area (TPSA) is 89.5 Å². The predicted octanol–water partition coefficient (Wildman–Crippen LogP) is 3.88. The Morgan fingerprint density at radius 1 is 1.03 bits per heavy atom. The first kappa shape index (κ1) is 22.6. The van der Waals surface area contributed by atoms with Crippen molar-refractivity contribution in [3.63, 3.8) is 0 Å². The zero-order valence-corrected chi connectivity index (χ0v) is 18.4. The van der Waals surface area contributed by atoms with E-state index in [9.17, 15) is 18.0 Å². The third-order valence-electron chi connectivity index (χ3n) is 4.53. The van der Waals surface area contributed by atoms with E-state index in [1.165, 1.54) is 25.1 Å². The highest BCUT2D eigenvalue weighted by Crippen LogP contribution is 2.23. The average molecular weight is 418 g/mol. The van der Waals surface area contributed by atoms with E-state index < -0.39 is 27.8 Å². The van der Waals surface area contributed by atoms with E-state index >= 15 is 0 Å². The Morgan fingerprint density at radius 3 is 2.14 bits per heavy atom. The van der Waals surface area contributed by atoms with Gasteiger partial charge in [-0.1, -0.05) is 39.0 Å². The molecule has 0 aliphatic carbocycles. The third kappa shape index (κ3) is 5.90. The van der Waals surface area contributed by atoms with Gasteiger partial charge in [0, 0.05) is 11.9 Å². The van der Waals surface area contributed by atoms with E-state index in [0.717, 1.165) is 11.8 Å². The number of carbonyl (C=O) groups is 2. The molecule has 1 N–H and O–H groups in total. The molecule has 7 heteroatoms. The number of ether oxygens (including phenoxy) is 1. The van der Waals surface area contributed by atoms with Crippen LogP contribution >= 0.6 is 0 Å². The Hall–Kier alpha value is -2.67. The Kier molecular flexibility index (Phi) is 6.53. The fourth-order valence-electron chi connectivity index (χ4n) is 2.63. The van der Waals surface area contributed by atoms with E-state index in [0.29, 0.717) is 11.3 Å². The van der Waals surface area contributed by atoms with Gasteiger partial charge in [-0.15, -0.1) is 0 Å². The van der Waals surface area contributed by atoms with Gasteiger partial charge < -0.3 is 10.1 Å². The molecular weight excluding hydrogens is 390 g/mol. The summed E-state index contributed by atoms with van der Waals surface area (Å²) in [6, 6.07) is 11.7. The molecule has 2 aromatic carbocycles. The van der Waals surface area contributed by atoms with Crippen molar-refractivity contribution in [2.75, 3.05) is 11.6 Å². The zero-order chi connectivity index (χ0) is 22.0. The number of anilines is 1. The summed E-state index contributed by atoms with van der Waals surface area (Å²) in [5, 5.41) is 2.72. The normalized spacial score (nSPS) is 12.9. The number of hydrogen-bond donors (Lipinski definition) is 1. The lowest BCUT2D eigenvalue weighted by Gasteiger charge is -2.19. The molecule has 2 aromatic rings. The molecule has 2 rings (SSSR count). The van der Waals surface area contributed by atoms with Crippen LogP contribution in [0.25, 0.3) is 0 Å². The smallest absolute Gasteiger partial charge is 0.339 e. The first-order chi connectivity index (χ1) is 13.3. The third-order valence-corrected chi connectivity index (χ3v) is 5.64. The van der Waals surface area contributed by atoms with Crippen molar-refractivity contribution in [3.05, 3.63) is 59.2 Å². The molecule has 0 saturated heterocycles. The Morgan fingerprint density at radius 2 is 1.62 bits per heavy atom. The Bertz CT molecular complexity index is 1020. The molecule has 0 aromatic heterocycles. The molecule has 1 atom stereocenters. The molecule has 1 amide bonds. The van der Waals surface area contributed by atoms with Crippen LogP contribution in [0.2, 0.25) is 0 Å². The monoisotopic (exact) mass is 417 g/mol. The summed E-state index contributed by atoms with van der Waals surface area (Å²) >= 11 is 0. The summed E-state index contributed by atoms with van der Waals surface area (Å²) in [6.07, 6.45) is 0.0134. The number of benzene rings is 2. The van der Waals surface area contributed by atoms with Gasteiger partial charge in [0.25, 0.3) is 5.91 Å². The fourth-order valence-corrected chi connectivity index (χ4v) is 3.27. The molecule has 29 heavy (non-hydrogen) atoms. The number of hydrogen-bond acceptors (Lipinski definition) is 5. The average Bonchev–Trinajstić information content (AvgIpc) is 2.60. The number of esters is 1. The number of carbonyl (C=O) groups excluding carboxylic acids is 2. The molecule has 0 spiro atoms. The quantitative estimate of drug-likeness (QED) is 0.746. The van der Waals surface area contributed by atoms with Crippen LogP contribution in [0.3, 0.4) is 0 Å². The summed E-state index contributed by atoms with van der Waals surface area (Å²) in [4.78, 5) is 24.9. The zero-order valence-electron chi connectivity index (χ0n) is 17.6. The van der Waals surface area contributed by atoms with Crippen LogP contribution in [0, 0.1) is 6.92 Å². The minimum Gasteiger partial charge on any atom is -0.449 e. The highest BCUT2D eigenvalue weighted by Gasteiger charge is 2.22. The molecule has 0 saturated carbocycles. The lowest BCUT2D eigenvalue weighted by molar-refractivity contribution is -0.123. The van der Waals surface area contributed by atoms with Crippen LogP contribution in [-0.2, 0) is 24.8 Å². The highest BCUT2D eigenvalue weighted by atomic mass is 32.2. The van der Waals surface area contributed by atoms with Crippen molar-refractivity contribution in [3.8, 4) is 0 Å². The maximum atomic E-state index is 12.5. The van der Waals surface area contributed by atoms with E-state index in [4.69, 9.17) is 4.74 Å². The summed E-state index contributed by atoms with van der Waals surface area (Å²) in [7, 11) is -3.46. The minimum atomic E-state index is -3.46. The SMILES string of the molecule is Cc1ccc(S(C)(=O)=O)cc1C(=O)OC(C)C(=O)Nc1ccc(C(C)(C)C)cc1. The molecule has 0 aliphatic rings. The van der Waals surface area contributed by atoms with E-state index in [1.807, 2.05) is 12.1 Å². The molecule has 0 radical (unpaired) electrons. The van der Waals surface area contributed by atoms with Crippen LogP contribution in [0.5, 0.6) is 0 Å². The maximum Gasteiger partial charge on any atom is 0.339 e. The standard InChI is InChI=1S/C22H27NO5S/c1-14-7-12-18(29(6,26)27)13-19(14)21(25)28-15(2)20(24)23-17-10-8-16(9-11-17)22(3,4)5/h7-13,15H,1-6H3,(H,23,24). The first-order valence-corrected chi connectivity index (χ1v) is 11.1. The van der Waals surface area contributed by atoms with Crippen LogP contribution in [0.15, 0.2) is 47.4 Å². The molecule has 0 fully saturated rings. The maximum absolute atomic E-state index is 12.5. The number of amides is 1. The summed E-state index contributed by atoms with van der Waals surface area (Å²) in [6.45, 7) is 9.44. The van der Waals surface area contributed by atoms with Gasteiger partial charge in [-0.25, -0.2) is 13.2 Å². The largest absolute Gasteiger partial charge is 0.449 e. The van der Waals surface area contributed by atoms with Crippen molar-refractivity contribution in [1.82, 2.24) is 0 Å². The molecule has 0 bridgehead atoms. The van der Waals surface area contributed by atoms with Crippen LogP contribution < -0.4 is 5.32 Å². The van der Waals surface area contributed by atoms with Gasteiger partial charge in [0.05, 0.1) is 10.5 Å². The van der Waals surface area contributed by atoms with Crippen LogP contribution in [-0.4, -0.2) is 32.7 Å². The van der Waals surface area contributed by atoms with Gasteiger partial charge in [-0.2, -0.15) is 0 Å². The molecule has 0 heterocycles. The fraction of sp³-hybridized carbons (Fsp3) is 0.364. The molecule has 156 valence electrons. The second kappa shape index (κ2) is 8.37. The second-order valence-electron chi connectivity index (χ2n) is 8.11. The Labute approximate surface area is 172 Å². The van der Waals surface area contributed by atoms with Crippen molar-refractivity contribution < 1.29 is 22.7 Å². The van der Waals surface area contributed by atoms with Crippen molar-refractivity contribution in [1.29, 1.82) is 0 Å². The van der Waals surface area contributed by atoms with Crippen LogP contribution in [0.4, 0.5) is 5.69 Å². The molecular formula is C22H27NO5S. The van der Waals surface area contributed by atoms with Gasteiger partial charge >= 0.3 is 5.97 Å². The van der Waals surface area contributed by atoms with Gasteiger partial charge in [-0.05, 0) is 54.7 Å². The number of rotatable bonds is 5. The van der Waals surface area contributed by atoms with Gasteiger partial charge in [-0.3, -0.25) is 4.79 Å². The molecule has 0 aliphatic heterocycles. The Balaban J connectivity index is 2.09. The number of nitrogens with one attached hydrogen (secondary N) is 1. The van der Waals surface area contributed by atoms with Gasteiger partial charge in [0.15, 0.2) is 15.9 Å². The second-order valence-corrected chi connectivity index (χ2v) is 10.1. The van der Waals surface area contributed by atoms with Gasteiger partial charge in [0.2, 0.25) is 0 Å². The molecule has 1 unspecified atom stereocenters. The number of aryl methyl sites for hydroxylation is 1. The summed E-state index contributed by atoms with van der Waals surface area (Å²) in [5.74, 6) is -1.22. The van der Waals surface area contributed by atoms with Crippen LogP contribution in [0.1, 0.15) is 49.2 Å². The first-order valence-electron chi connectivity index (χ1n) is 9.22. The summed E-state index contributed by atoms with van der Waals surface area (Å²) < 4.78 is 28.7. The van der Waals surface area contributed by atoms with E-state index in [-0.39, 0.29) is 15.9 Å². The number of sulfone groups is 1. The van der Waals surface area contributed by atoms with E-state index in [2.05, 4.69) is 26.1 Å². The van der Waals surface area contributed by atoms with E-state index in [1.54, 1.807) is 19.1 Å². The lowest BCUT2D eigenvalue weighted by Crippen LogP contribution is -2.30. The van der Waals surface area contributed by atoms with Gasteiger partial charge in [0.1, 0.15) is 0 Å². The van der Waals surface area contributed by atoms with Crippen molar-refractivity contribution >= 4 is 27.4 Å².